The van der Waals surface area contributed by atoms with Crippen molar-refractivity contribution in [3.05, 3.63) is 84.6 Å². The third-order valence-corrected chi connectivity index (χ3v) is 5.62. The van der Waals surface area contributed by atoms with Crippen molar-refractivity contribution in [1.29, 1.82) is 0 Å². The lowest BCUT2D eigenvalue weighted by atomic mass is 10.2. The van der Waals surface area contributed by atoms with Crippen LogP contribution >= 0.6 is 50.1 Å². The summed E-state index contributed by atoms with van der Waals surface area (Å²) >= 11 is 11.5. The van der Waals surface area contributed by atoms with Crippen LogP contribution in [-0.2, 0) is 13.2 Å². The van der Waals surface area contributed by atoms with E-state index in [0.717, 1.165) is 24.9 Å². The summed E-state index contributed by atoms with van der Waals surface area (Å²) in [4.78, 5) is 0. The Morgan fingerprint density at radius 3 is 2.50 bits per heavy atom. The van der Waals surface area contributed by atoms with Crippen molar-refractivity contribution in [2.45, 2.75) is 13.2 Å². The summed E-state index contributed by atoms with van der Waals surface area (Å²) in [5, 5.41) is 3.33. The van der Waals surface area contributed by atoms with Gasteiger partial charge in [-0.15, -0.1) is 0 Å². The molecule has 0 spiro atoms. The van der Waals surface area contributed by atoms with E-state index >= 15 is 0 Å². The minimum atomic E-state index is -0.435. The number of nitrogens with one attached hydrogen (secondary N) is 1. The van der Waals surface area contributed by atoms with Crippen LogP contribution in [0.4, 0.5) is 10.1 Å². The fourth-order valence-corrected chi connectivity index (χ4v) is 3.83. The summed E-state index contributed by atoms with van der Waals surface area (Å²) in [7, 11) is 1.62. The maximum atomic E-state index is 13.3. The molecule has 0 heterocycles. The second kappa shape index (κ2) is 9.80. The van der Waals surface area contributed by atoms with E-state index in [1.807, 2.05) is 36.4 Å². The molecule has 0 aliphatic rings. The quantitative estimate of drug-likeness (QED) is 0.306. The average molecular weight is 577 g/mol. The van der Waals surface area contributed by atoms with Gasteiger partial charge in [-0.05, 0) is 76.2 Å². The first-order valence-electron chi connectivity index (χ1n) is 8.39. The average Bonchev–Trinajstić information content (AvgIpc) is 2.69. The zero-order valence-corrected chi connectivity index (χ0v) is 19.4. The van der Waals surface area contributed by atoms with Crippen LogP contribution in [0, 0.1) is 9.39 Å². The molecule has 3 aromatic carbocycles. The molecule has 3 rings (SSSR count). The van der Waals surface area contributed by atoms with Crippen LogP contribution in [0.15, 0.2) is 59.1 Å². The van der Waals surface area contributed by atoms with E-state index in [2.05, 4.69) is 43.8 Å². The summed E-state index contributed by atoms with van der Waals surface area (Å²) < 4.78 is 26.8. The smallest absolute Gasteiger partial charge is 0.174 e. The van der Waals surface area contributed by atoms with E-state index in [-0.39, 0.29) is 5.02 Å². The van der Waals surface area contributed by atoms with Gasteiger partial charge in [0.2, 0.25) is 0 Å². The fraction of sp³-hybridized carbons (Fsp3) is 0.143. The SMILES string of the molecule is COc1cc(CNc2ccc(F)c(Cl)c2)cc(I)c1OCc1ccc(Br)cc1. The Hall–Kier alpha value is -1.51. The highest BCUT2D eigenvalue weighted by atomic mass is 127. The highest BCUT2D eigenvalue weighted by Gasteiger charge is 2.12. The number of methoxy groups -OCH3 is 1. The van der Waals surface area contributed by atoms with Gasteiger partial charge in [0.25, 0.3) is 0 Å². The Morgan fingerprint density at radius 2 is 1.82 bits per heavy atom. The van der Waals surface area contributed by atoms with Crippen LogP contribution in [0.1, 0.15) is 11.1 Å². The zero-order chi connectivity index (χ0) is 20.1. The van der Waals surface area contributed by atoms with Gasteiger partial charge in [-0.3, -0.25) is 0 Å². The van der Waals surface area contributed by atoms with Gasteiger partial charge >= 0.3 is 0 Å². The topological polar surface area (TPSA) is 30.5 Å². The number of halogens is 4. The van der Waals surface area contributed by atoms with Gasteiger partial charge in [0.1, 0.15) is 12.4 Å². The van der Waals surface area contributed by atoms with Crippen molar-refractivity contribution in [3.63, 3.8) is 0 Å². The number of hydrogen-bond donors (Lipinski definition) is 1. The Labute approximate surface area is 190 Å². The van der Waals surface area contributed by atoms with Gasteiger partial charge in [-0.1, -0.05) is 39.7 Å². The molecule has 146 valence electrons. The number of ether oxygens (including phenoxy) is 2. The fourth-order valence-electron chi connectivity index (χ4n) is 2.56. The highest BCUT2D eigenvalue weighted by molar-refractivity contribution is 14.1. The number of anilines is 1. The van der Waals surface area contributed by atoms with Crippen molar-refractivity contribution in [3.8, 4) is 11.5 Å². The van der Waals surface area contributed by atoms with Crippen molar-refractivity contribution in [2.75, 3.05) is 12.4 Å². The molecule has 0 saturated heterocycles. The Balaban J connectivity index is 1.71. The normalized spacial score (nSPS) is 10.6. The van der Waals surface area contributed by atoms with E-state index < -0.39 is 5.82 Å². The van der Waals surface area contributed by atoms with Crippen LogP contribution in [0.2, 0.25) is 5.02 Å². The van der Waals surface area contributed by atoms with Crippen molar-refractivity contribution in [2.24, 2.45) is 0 Å². The largest absolute Gasteiger partial charge is 0.493 e. The second-order valence-electron chi connectivity index (χ2n) is 6.01. The molecule has 0 radical (unpaired) electrons. The van der Waals surface area contributed by atoms with Crippen LogP contribution in [0.25, 0.3) is 0 Å². The summed E-state index contributed by atoms with van der Waals surface area (Å²) in [6.07, 6.45) is 0. The predicted molar refractivity (Wildman–Crippen MR) is 123 cm³/mol. The molecule has 0 aromatic heterocycles. The lowest BCUT2D eigenvalue weighted by molar-refractivity contribution is 0.282. The van der Waals surface area contributed by atoms with Crippen LogP contribution in [-0.4, -0.2) is 7.11 Å². The lowest BCUT2D eigenvalue weighted by Gasteiger charge is -2.15. The first-order chi connectivity index (χ1) is 13.5. The van der Waals surface area contributed by atoms with Crippen molar-refractivity contribution >= 4 is 55.8 Å². The minimum Gasteiger partial charge on any atom is -0.493 e. The second-order valence-corrected chi connectivity index (χ2v) is 8.49. The monoisotopic (exact) mass is 575 g/mol. The number of rotatable bonds is 7. The molecule has 0 aliphatic heterocycles. The van der Waals surface area contributed by atoms with Gasteiger partial charge in [-0.25, -0.2) is 4.39 Å². The molecule has 1 N–H and O–H groups in total. The van der Waals surface area contributed by atoms with E-state index in [1.165, 1.54) is 6.07 Å². The Kier molecular flexibility index (Phi) is 7.42. The highest BCUT2D eigenvalue weighted by Crippen LogP contribution is 2.35. The van der Waals surface area contributed by atoms with Gasteiger partial charge in [-0.2, -0.15) is 0 Å². The van der Waals surface area contributed by atoms with Crippen LogP contribution in [0.3, 0.4) is 0 Å². The minimum absolute atomic E-state index is 0.0915. The Bertz CT molecular complexity index is 969. The number of benzene rings is 3. The van der Waals surface area contributed by atoms with Gasteiger partial charge < -0.3 is 14.8 Å². The van der Waals surface area contributed by atoms with Crippen LogP contribution in [0.5, 0.6) is 11.5 Å². The number of hydrogen-bond acceptors (Lipinski definition) is 3. The van der Waals surface area contributed by atoms with Gasteiger partial charge in [0, 0.05) is 16.7 Å². The summed E-state index contributed by atoms with van der Waals surface area (Å²) in [6.45, 7) is 0.993. The van der Waals surface area contributed by atoms with Crippen molar-refractivity contribution in [1.82, 2.24) is 0 Å². The molecule has 0 fully saturated rings. The van der Waals surface area contributed by atoms with Crippen LogP contribution < -0.4 is 14.8 Å². The van der Waals surface area contributed by atoms with Gasteiger partial charge in [0.15, 0.2) is 11.5 Å². The summed E-state index contributed by atoms with van der Waals surface area (Å²) in [5.41, 5.74) is 2.83. The molecule has 0 saturated carbocycles. The zero-order valence-electron chi connectivity index (χ0n) is 14.9. The molecular weight excluding hydrogens is 559 g/mol. The summed E-state index contributed by atoms with van der Waals surface area (Å²) in [5.74, 6) is 0.938. The molecule has 0 aliphatic carbocycles. The molecule has 28 heavy (non-hydrogen) atoms. The standard InChI is InChI=1S/C21H17BrClFINO2/c1-27-20-9-14(11-26-16-6-7-18(24)17(23)10-16)8-19(25)21(20)28-12-13-2-4-15(22)5-3-13/h2-10,26H,11-12H2,1H3. The van der Waals surface area contributed by atoms with E-state index in [4.69, 9.17) is 21.1 Å². The third-order valence-electron chi connectivity index (χ3n) is 4.00. The van der Waals surface area contributed by atoms with Gasteiger partial charge in [0.05, 0.1) is 15.7 Å². The first kappa shape index (κ1) is 21.2. The molecule has 0 bridgehead atoms. The van der Waals surface area contributed by atoms with Crippen molar-refractivity contribution < 1.29 is 13.9 Å². The van der Waals surface area contributed by atoms with E-state index in [1.54, 1.807) is 19.2 Å². The van der Waals surface area contributed by atoms with E-state index in [9.17, 15) is 4.39 Å². The summed E-state index contributed by atoms with van der Waals surface area (Å²) in [6, 6.07) is 16.5. The molecule has 0 amide bonds. The van der Waals surface area contributed by atoms with E-state index in [0.29, 0.717) is 24.7 Å². The Morgan fingerprint density at radius 1 is 1.07 bits per heavy atom. The third kappa shape index (κ3) is 5.52. The maximum absolute atomic E-state index is 13.3. The molecule has 0 atom stereocenters. The molecule has 3 aromatic rings. The molecule has 3 nitrogen and oxygen atoms in total. The molecular formula is C21H17BrClFINO2. The maximum Gasteiger partial charge on any atom is 0.174 e. The predicted octanol–water partition coefficient (Wildman–Crippen LogP) is 7.05. The molecule has 7 heteroatoms. The lowest BCUT2D eigenvalue weighted by Crippen LogP contribution is -2.04. The first-order valence-corrected chi connectivity index (χ1v) is 10.6. The molecule has 0 unspecified atom stereocenters.